The SMILES string of the molecule is CCN1[C@@H]2C(OC)(OC)C=C[C@@]21CC. The molecule has 14 heavy (non-hydrogen) atoms. The zero-order valence-corrected chi connectivity index (χ0v) is 9.41. The fraction of sp³-hybridized carbons (Fsp3) is 0.818. The summed E-state index contributed by atoms with van der Waals surface area (Å²) in [5, 5.41) is 0. The van der Waals surface area contributed by atoms with Crippen LogP contribution in [-0.2, 0) is 9.47 Å². The van der Waals surface area contributed by atoms with Crippen molar-refractivity contribution in [1.29, 1.82) is 0 Å². The highest BCUT2D eigenvalue weighted by atomic mass is 16.7. The molecule has 3 heteroatoms. The molecule has 1 heterocycles. The minimum atomic E-state index is -0.508. The van der Waals surface area contributed by atoms with Gasteiger partial charge in [-0.15, -0.1) is 0 Å². The van der Waals surface area contributed by atoms with E-state index >= 15 is 0 Å². The Morgan fingerprint density at radius 2 is 1.86 bits per heavy atom. The van der Waals surface area contributed by atoms with Crippen molar-refractivity contribution in [2.45, 2.75) is 37.6 Å². The highest BCUT2D eigenvalue weighted by molar-refractivity contribution is 5.40. The lowest BCUT2D eigenvalue weighted by molar-refractivity contribution is -0.173. The van der Waals surface area contributed by atoms with Crippen LogP contribution in [0.25, 0.3) is 0 Å². The van der Waals surface area contributed by atoms with Crippen molar-refractivity contribution in [2.24, 2.45) is 0 Å². The summed E-state index contributed by atoms with van der Waals surface area (Å²) in [7, 11) is 3.43. The van der Waals surface area contributed by atoms with E-state index in [0.717, 1.165) is 13.0 Å². The van der Waals surface area contributed by atoms with Gasteiger partial charge in [0.25, 0.3) is 0 Å². The lowest BCUT2D eigenvalue weighted by atomic mass is 10.0. The summed E-state index contributed by atoms with van der Waals surface area (Å²) >= 11 is 0. The van der Waals surface area contributed by atoms with Crippen molar-refractivity contribution >= 4 is 0 Å². The topological polar surface area (TPSA) is 21.5 Å². The molecule has 0 bridgehead atoms. The van der Waals surface area contributed by atoms with Crippen LogP contribution < -0.4 is 0 Å². The monoisotopic (exact) mass is 197 g/mol. The molecule has 1 unspecified atom stereocenters. The number of ether oxygens (including phenoxy) is 2. The molecule has 1 fully saturated rings. The Hall–Kier alpha value is -0.380. The fourth-order valence-corrected chi connectivity index (χ4v) is 2.94. The van der Waals surface area contributed by atoms with Crippen LogP contribution in [0.3, 0.4) is 0 Å². The molecule has 3 atom stereocenters. The van der Waals surface area contributed by atoms with Crippen molar-refractivity contribution in [2.75, 3.05) is 20.8 Å². The van der Waals surface area contributed by atoms with Gasteiger partial charge < -0.3 is 9.47 Å². The molecule has 0 aromatic carbocycles. The van der Waals surface area contributed by atoms with Gasteiger partial charge in [0.15, 0.2) is 0 Å². The molecule has 0 aromatic heterocycles. The third-order valence-electron chi connectivity index (χ3n) is 3.78. The molecule has 0 amide bonds. The van der Waals surface area contributed by atoms with Crippen molar-refractivity contribution in [1.82, 2.24) is 4.90 Å². The molecule has 3 nitrogen and oxygen atoms in total. The maximum Gasteiger partial charge on any atom is 0.205 e. The average Bonchev–Trinajstić information content (AvgIpc) is 2.79. The Bertz CT molecular complexity index is 260. The first-order valence-corrected chi connectivity index (χ1v) is 5.28. The van der Waals surface area contributed by atoms with Crippen molar-refractivity contribution in [3.05, 3.63) is 12.2 Å². The van der Waals surface area contributed by atoms with Crippen molar-refractivity contribution in [3.8, 4) is 0 Å². The Balaban J connectivity index is 2.26. The molecule has 1 saturated heterocycles. The second kappa shape index (κ2) is 3.05. The number of rotatable bonds is 4. The van der Waals surface area contributed by atoms with E-state index in [2.05, 4.69) is 30.9 Å². The zero-order valence-electron chi connectivity index (χ0n) is 9.41. The third kappa shape index (κ3) is 0.926. The highest BCUT2D eigenvalue weighted by Gasteiger charge is 2.71. The van der Waals surface area contributed by atoms with E-state index in [1.807, 2.05) is 0 Å². The fourth-order valence-electron chi connectivity index (χ4n) is 2.94. The van der Waals surface area contributed by atoms with Crippen LogP contribution in [0.1, 0.15) is 20.3 Å². The summed E-state index contributed by atoms with van der Waals surface area (Å²) in [6.45, 7) is 5.45. The lowest BCUT2D eigenvalue weighted by Gasteiger charge is -2.26. The van der Waals surface area contributed by atoms with E-state index < -0.39 is 5.79 Å². The molecule has 0 radical (unpaired) electrons. The molecule has 2 rings (SSSR count). The summed E-state index contributed by atoms with van der Waals surface area (Å²) in [4.78, 5) is 2.43. The Morgan fingerprint density at radius 3 is 2.21 bits per heavy atom. The van der Waals surface area contributed by atoms with Crippen LogP contribution in [0.15, 0.2) is 12.2 Å². The number of methoxy groups -OCH3 is 2. The van der Waals surface area contributed by atoms with E-state index in [4.69, 9.17) is 9.47 Å². The largest absolute Gasteiger partial charge is 0.348 e. The molecular weight excluding hydrogens is 178 g/mol. The molecule has 0 N–H and O–H groups in total. The van der Waals surface area contributed by atoms with Gasteiger partial charge in [-0.25, -0.2) is 0 Å². The maximum absolute atomic E-state index is 5.51. The molecule has 2 aliphatic rings. The first kappa shape index (κ1) is 10.1. The van der Waals surface area contributed by atoms with Gasteiger partial charge in [0.2, 0.25) is 5.79 Å². The van der Waals surface area contributed by atoms with Gasteiger partial charge in [0.1, 0.15) is 0 Å². The van der Waals surface area contributed by atoms with Crippen LogP contribution in [0.2, 0.25) is 0 Å². The minimum Gasteiger partial charge on any atom is -0.348 e. The average molecular weight is 197 g/mol. The van der Waals surface area contributed by atoms with E-state index in [9.17, 15) is 0 Å². The molecule has 1 aliphatic carbocycles. The van der Waals surface area contributed by atoms with Gasteiger partial charge in [0, 0.05) is 14.2 Å². The van der Waals surface area contributed by atoms with Gasteiger partial charge >= 0.3 is 0 Å². The lowest BCUT2D eigenvalue weighted by Crippen LogP contribution is -2.38. The Morgan fingerprint density at radius 1 is 1.21 bits per heavy atom. The first-order valence-electron chi connectivity index (χ1n) is 5.28. The summed E-state index contributed by atoms with van der Waals surface area (Å²) in [5.74, 6) is -0.508. The number of hydrogen-bond donors (Lipinski definition) is 0. The van der Waals surface area contributed by atoms with Crippen molar-refractivity contribution in [3.63, 3.8) is 0 Å². The molecule has 0 spiro atoms. The summed E-state index contributed by atoms with van der Waals surface area (Å²) in [6, 6.07) is 0.375. The molecule has 0 saturated carbocycles. The molecule has 1 aliphatic heterocycles. The predicted octanol–water partition coefficient (Wildman–Crippen LogP) is 1.40. The van der Waals surface area contributed by atoms with E-state index in [1.54, 1.807) is 14.2 Å². The predicted molar refractivity (Wildman–Crippen MR) is 55.1 cm³/mol. The van der Waals surface area contributed by atoms with Crippen molar-refractivity contribution < 1.29 is 9.47 Å². The second-order valence-corrected chi connectivity index (χ2v) is 4.00. The van der Waals surface area contributed by atoms with Gasteiger partial charge in [-0.05, 0) is 19.0 Å². The number of fused-ring (bicyclic) bond motifs is 1. The van der Waals surface area contributed by atoms with Gasteiger partial charge in [-0.3, -0.25) is 4.90 Å². The summed E-state index contributed by atoms with van der Waals surface area (Å²) in [6.07, 6.45) is 5.43. The number of hydrogen-bond acceptors (Lipinski definition) is 3. The number of likely N-dealkylation sites (N-methyl/N-ethyl adjacent to an activating group) is 1. The van der Waals surface area contributed by atoms with Crippen LogP contribution >= 0.6 is 0 Å². The molecular formula is C11H19NO2. The van der Waals surface area contributed by atoms with E-state index in [1.165, 1.54) is 0 Å². The van der Waals surface area contributed by atoms with Gasteiger partial charge in [-0.2, -0.15) is 0 Å². The van der Waals surface area contributed by atoms with Crippen LogP contribution in [0.5, 0.6) is 0 Å². The first-order chi connectivity index (χ1) is 6.70. The number of nitrogens with zero attached hydrogens (tertiary/aromatic N) is 1. The van der Waals surface area contributed by atoms with Crippen LogP contribution in [0, 0.1) is 0 Å². The zero-order chi connectivity index (χ0) is 10.4. The van der Waals surface area contributed by atoms with Gasteiger partial charge in [0.05, 0.1) is 11.6 Å². The second-order valence-electron chi connectivity index (χ2n) is 4.00. The van der Waals surface area contributed by atoms with E-state index in [0.29, 0.717) is 6.04 Å². The quantitative estimate of drug-likeness (QED) is 0.386. The van der Waals surface area contributed by atoms with Crippen LogP contribution in [0.4, 0.5) is 0 Å². The van der Waals surface area contributed by atoms with Crippen LogP contribution in [-0.4, -0.2) is 43.0 Å². The highest BCUT2D eigenvalue weighted by Crippen LogP contribution is 2.56. The van der Waals surface area contributed by atoms with E-state index in [-0.39, 0.29) is 5.54 Å². The standard InChI is InChI=1S/C11H19NO2/c1-5-10-7-8-11(13-3,14-4)9(10)12(10)6-2/h7-9H,5-6H2,1-4H3/t9-,10-,12?/m0/s1. The minimum absolute atomic E-state index is 0.209. The van der Waals surface area contributed by atoms with Gasteiger partial charge in [-0.1, -0.05) is 19.9 Å². The Kier molecular flexibility index (Phi) is 2.21. The maximum atomic E-state index is 5.51. The molecule has 0 aromatic rings. The summed E-state index contributed by atoms with van der Waals surface area (Å²) in [5.41, 5.74) is 0.209. The normalized spacial score (nSPS) is 42.6. The molecule has 80 valence electrons. The third-order valence-corrected chi connectivity index (χ3v) is 3.78. The Labute approximate surface area is 85.7 Å². The smallest absolute Gasteiger partial charge is 0.205 e. The summed E-state index contributed by atoms with van der Waals surface area (Å²) < 4.78 is 11.0.